The van der Waals surface area contributed by atoms with E-state index in [1.54, 1.807) is 0 Å². The summed E-state index contributed by atoms with van der Waals surface area (Å²) in [5, 5.41) is 3.42. The molecule has 1 saturated heterocycles. The number of Topliss-reactive ketones (excluding diaryl/α,β-unsaturated/α-hetero) is 1. The van der Waals surface area contributed by atoms with Gasteiger partial charge < -0.3 is 10.2 Å². The van der Waals surface area contributed by atoms with E-state index < -0.39 is 0 Å². The van der Waals surface area contributed by atoms with Crippen molar-refractivity contribution in [3.05, 3.63) is 10.6 Å². The molecule has 0 radical (unpaired) electrons. The summed E-state index contributed by atoms with van der Waals surface area (Å²) >= 11 is 1.84. The number of thioether (sulfide) groups is 1. The first kappa shape index (κ1) is 16.9. The van der Waals surface area contributed by atoms with Crippen molar-refractivity contribution in [2.75, 3.05) is 19.0 Å². The number of hydrogen-bond donors (Lipinski definition) is 1. The first-order valence-electron chi connectivity index (χ1n) is 7.00. The van der Waals surface area contributed by atoms with Crippen molar-refractivity contribution < 1.29 is 4.79 Å². The highest BCUT2D eigenvalue weighted by Gasteiger charge is 2.24. The minimum Gasteiger partial charge on any atom is -0.357 e. The van der Waals surface area contributed by atoms with Crippen LogP contribution in [0.3, 0.4) is 0 Å². The molecule has 2 aliphatic rings. The molecule has 0 amide bonds. The van der Waals surface area contributed by atoms with Crippen LogP contribution >= 0.6 is 24.2 Å². The summed E-state index contributed by atoms with van der Waals surface area (Å²) in [5.74, 6) is 1.31. The van der Waals surface area contributed by atoms with Crippen molar-refractivity contribution in [2.24, 2.45) is 0 Å². The molecule has 1 N–H and O–H groups in total. The van der Waals surface area contributed by atoms with Gasteiger partial charge in [-0.3, -0.25) is 4.79 Å². The van der Waals surface area contributed by atoms with Crippen LogP contribution in [0.2, 0.25) is 0 Å². The number of halogens is 1. The molecule has 1 fully saturated rings. The number of hydrogen-bond acceptors (Lipinski definition) is 4. The van der Waals surface area contributed by atoms with Crippen LogP contribution in [0.5, 0.6) is 0 Å². The number of ketones is 1. The summed E-state index contributed by atoms with van der Waals surface area (Å²) in [6, 6.07) is 0.0870. The smallest absolute Gasteiger partial charge is 0.168 e. The maximum atomic E-state index is 12.3. The van der Waals surface area contributed by atoms with Gasteiger partial charge in [0.05, 0.1) is 18.5 Å². The third-order valence-electron chi connectivity index (χ3n) is 3.97. The van der Waals surface area contributed by atoms with Crippen LogP contribution in [-0.2, 0) is 4.79 Å². The maximum Gasteiger partial charge on any atom is 0.168 e. The van der Waals surface area contributed by atoms with E-state index in [1.165, 1.54) is 36.3 Å². The monoisotopic (exact) mass is 304 g/mol. The minimum absolute atomic E-state index is 0. The lowest BCUT2D eigenvalue weighted by Crippen LogP contribution is -2.43. The van der Waals surface area contributed by atoms with Gasteiger partial charge in [0.2, 0.25) is 0 Å². The molecule has 0 aromatic carbocycles. The van der Waals surface area contributed by atoms with Crippen LogP contribution in [0.4, 0.5) is 0 Å². The minimum atomic E-state index is 0. The van der Waals surface area contributed by atoms with E-state index >= 15 is 0 Å². The van der Waals surface area contributed by atoms with Crippen LogP contribution in [0, 0.1) is 0 Å². The summed E-state index contributed by atoms with van der Waals surface area (Å²) < 4.78 is 0. The lowest BCUT2D eigenvalue weighted by Gasteiger charge is -2.24. The Bertz CT molecular complexity index is 338. The lowest BCUT2D eigenvalue weighted by molar-refractivity contribution is -0.121. The summed E-state index contributed by atoms with van der Waals surface area (Å²) in [5.41, 5.74) is 1.28. The Hall–Kier alpha value is -0.190. The van der Waals surface area contributed by atoms with Gasteiger partial charge in [-0.2, -0.15) is 0 Å². The zero-order valence-corrected chi connectivity index (χ0v) is 13.5. The second-order valence-corrected chi connectivity index (χ2v) is 6.45. The average Bonchev–Trinajstić information content (AvgIpc) is 2.60. The van der Waals surface area contributed by atoms with E-state index in [2.05, 4.69) is 24.1 Å². The van der Waals surface area contributed by atoms with Gasteiger partial charge >= 0.3 is 0 Å². The standard InChI is InChI=1S/C14H24N2OS.ClH/c1-11-12(2)18-10-16(11)9-14(17)13-7-5-3-4-6-8-15-13;/h13,15H,3-10H2,1-2H3;1H. The van der Waals surface area contributed by atoms with Gasteiger partial charge in [-0.1, -0.05) is 19.3 Å². The van der Waals surface area contributed by atoms with E-state index in [0.717, 1.165) is 18.8 Å². The second kappa shape index (κ2) is 8.18. The van der Waals surface area contributed by atoms with Gasteiger partial charge in [0.15, 0.2) is 5.78 Å². The molecule has 2 heterocycles. The molecule has 0 spiro atoms. The molecule has 1 atom stereocenters. The van der Waals surface area contributed by atoms with Gasteiger partial charge in [-0.25, -0.2) is 0 Å². The fourth-order valence-corrected chi connectivity index (χ4v) is 3.51. The predicted octanol–water partition coefficient (Wildman–Crippen LogP) is 3.16. The Balaban J connectivity index is 0.00000180. The first-order chi connectivity index (χ1) is 8.68. The molecule has 2 aliphatic heterocycles. The first-order valence-corrected chi connectivity index (χ1v) is 7.98. The number of rotatable bonds is 3. The summed E-state index contributed by atoms with van der Waals surface area (Å²) in [6.07, 6.45) is 6.00. The van der Waals surface area contributed by atoms with Crippen LogP contribution in [0.15, 0.2) is 10.6 Å². The van der Waals surface area contributed by atoms with Crippen LogP contribution in [0.1, 0.15) is 46.0 Å². The predicted molar refractivity (Wildman–Crippen MR) is 84.7 cm³/mol. The molecule has 0 aromatic rings. The highest BCUT2D eigenvalue weighted by molar-refractivity contribution is 8.03. The quantitative estimate of drug-likeness (QED) is 0.868. The van der Waals surface area contributed by atoms with Crippen molar-refractivity contribution in [3.8, 4) is 0 Å². The zero-order chi connectivity index (χ0) is 13.0. The Morgan fingerprint density at radius 3 is 2.74 bits per heavy atom. The van der Waals surface area contributed by atoms with Gasteiger partial charge in [0, 0.05) is 10.6 Å². The molecule has 110 valence electrons. The van der Waals surface area contributed by atoms with E-state index in [9.17, 15) is 4.79 Å². The Morgan fingerprint density at radius 2 is 2.05 bits per heavy atom. The van der Waals surface area contributed by atoms with Crippen LogP contribution in [-0.4, -0.2) is 35.7 Å². The topological polar surface area (TPSA) is 32.3 Å². The van der Waals surface area contributed by atoms with Crippen LogP contribution < -0.4 is 5.32 Å². The maximum absolute atomic E-state index is 12.3. The normalized spacial score (nSPS) is 24.7. The van der Waals surface area contributed by atoms with Crippen molar-refractivity contribution >= 4 is 30.0 Å². The number of nitrogens with zero attached hydrogens (tertiary/aromatic N) is 1. The van der Waals surface area contributed by atoms with E-state index in [1.807, 2.05) is 11.8 Å². The largest absolute Gasteiger partial charge is 0.357 e. The molecule has 3 nitrogen and oxygen atoms in total. The van der Waals surface area contributed by atoms with Crippen LogP contribution in [0.25, 0.3) is 0 Å². The molecular weight excluding hydrogens is 280 g/mol. The SMILES string of the molecule is CC1=C(C)N(CC(=O)C2CCCCCCN2)CS1.Cl. The molecule has 0 saturated carbocycles. The molecule has 0 aliphatic carbocycles. The number of nitrogens with one attached hydrogen (secondary N) is 1. The van der Waals surface area contributed by atoms with Crippen molar-refractivity contribution in [3.63, 3.8) is 0 Å². The number of carbonyl (C=O) groups excluding carboxylic acids is 1. The van der Waals surface area contributed by atoms with Gasteiger partial charge in [0.1, 0.15) is 0 Å². The van der Waals surface area contributed by atoms with Gasteiger partial charge in [-0.15, -0.1) is 24.2 Å². The second-order valence-electron chi connectivity index (χ2n) is 5.29. The third-order valence-corrected chi connectivity index (χ3v) is 5.14. The molecule has 2 rings (SSSR count). The van der Waals surface area contributed by atoms with Gasteiger partial charge in [-0.05, 0) is 33.2 Å². The summed E-state index contributed by atoms with van der Waals surface area (Å²) in [7, 11) is 0. The highest BCUT2D eigenvalue weighted by atomic mass is 35.5. The van der Waals surface area contributed by atoms with E-state index in [0.29, 0.717) is 12.3 Å². The van der Waals surface area contributed by atoms with E-state index in [-0.39, 0.29) is 18.4 Å². The number of carbonyl (C=O) groups is 1. The van der Waals surface area contributed by atoms with Crippen molar-refractivity contribution in [2.45, 2.75) is 52.0 Å². The molecule has 0 aromatic heterocycles. The van der Waals surface area contributed by atoms with Gasteiger partial charge in [0.25, 0.3) is 0 Å². The molecule has 5 heteroatoms. The summed E-state index contributed by atoms with van der Waals surface area (Å²) in [4.78, 5) is 15.9. The molecule has 0 bridgehead atoms. The molecular formula is C14H25ClN2OS. The lowest BCUT2D eigenvalue weighted by atomic mass is 10.0. The Labute approximate surface area is 127 Å². The Morgan fingerprint density at radius 1 is 1.32 bits per heavy atom. The van der Waals surface area contributed by atoms with Crippen molar-refractivity contribution in [1.82, 2.24) is 10.2 Å². The fraction of sp³-hybridized carbons (Fsp3) is 0.786. The number of allylic oxidation sites excluding steroid dienone is 2. The average molecular weight is 305 g/mol. The summed E-state index contributed by atoms with van der Waals surface area (Å²) in [6.45, 7) is 5.83. The third kappa shape index (κ3) is 4.69. The Kier molecular flexibility index (Phi) is 7.26. The molecule has 19 heavy (non-hydrogen) atoms. The van der Waals surface area contributed by atoms with Crippen molar-refractivity contribution in [1.29, 1.82) is 0 Å². The highest BCUT2D eigenvalue weighted by Crippen LogP contribution is 2.30. The zero-order valence-electron chi connectivity index (χ0n) is 11.9. The fourth-order valence-electron chi connectivity index (χ4n) is 2.54. The van der Waals surface area contributed by atoms with E-state index in [4.69, 9.17) is 0 Å². The molecule has 1 unspecified atom stereocenters.